The van der Waals surface area contributed by atoms with E-state index < -0.39 is 0 Å². The molecule has 0 aliphatic carbocycles. The summed E-state index contributed by atoms with van der Waals surface area (Å²) in [6, 6.07) is 0. The topological polar surface area (TPSA) is 37.4 Å². The summed E-state index contributed by atoms with van der Waals surface area (Å²) in [4.78, 5) is 6.56. The van der Waals surface area contributed by atoms with Crippen molar-refractivity contribution < 1.29 is 4.74 Å². The second-order valence-corrected chi connectivity index (χ2v) is 5.15. The average Bonchev–Trinajstić information content (AvgIpc) is 2.85. The van der Waals surface area contributed by atoms with E-state index in [0.717, 1.165) is 51.5 Å². The van der Waals surface area contributed by atoms with Crippen LogP contribution in [0.15, 0.2) is 10.9 Å². The zero-order valence-electron chi connectivity index (χ0n) is 11.5. The Morgan fingerprint density at radius 3 is 3.00 bits per heavy atom. The number of aromatic nitrogens is 1. The monoisotopic (exact) mass is 271 g/mol. The molecule has 0 aromatic carbocycles. The number of hydrogen-bond donors (Lipinski definition) is 1. The summed E-state index contributed by atoms with van der Waals surface area (Å²) in [6.07, 6.45) is 2.37. The van der Waals surface area contributed by atoms with E-state index in [2.05, 4.69) is 34.6 Å². The van der Waals surface area contributed by atoms with Crippen molar-refractivity contribution in [1.29, 1.82) is 0 Å². The minimum Gasteiger partial charge on any atom is -0.380 e. The Bertz CT molecular complexity index is 280. The summed E-state index contributed by atoms with van der Waals surface area (Å²) in [7, 11) is 2.12. The van der Waals surface area contributed by atoms with Crippen LogP contribution in [0.25, 0.3) is 0 Å². The number of rotatable bonds is 11. The minimum atomic E-state index is 0.815. The fourth-order valence-corrected chi connectivity index (χ4v) is 2.11. The fourth-order valence-electron chi connectivity index (χ4n) is 1.56. The highest BCUT2D eigenvalue weighted by molar-refractivity contribution is 7.07. The normalized spacial score (nSPS) is 11.3. The predicted octanol–water partition coefficient (Wildman–Crippen LogP) is 1.98. The van der Waals surface area contributed by atoms with Crippen molar-refractivity contribution in [2.45, 2.75) is 26.3 Å². The third-order valence-corrected chi connectivity index (χ3v) is 3.29. The fraction of sp³-hybridized carbons (Fsp3) is 0.769. The lowest BCUT2D eigenvalue weighted by Crippen LogP contribution is -2.30. The van der Waals surface area contributed by atoms with Crippen LogP contribution < -0.4 is 5.32 Å². The van der Waals surface area contributed by atoms with Gasteiger partial charge in [-0.25, -0.2) is 4.98 Å². The zero-order valence-corrected chi connectivity index (χ0v) is 12.3. The van der Waals surface area contributed by atoms with E-state index in [9.17, 15) is 0 Å². The van der Waals surface area contributed by atoms with E-state index in [1.165, 1.54) is 6.42 Å². The van der Waals surface area contributed by atoms with Gasteiger partial charge in [0, 0.05) is 38.2 Å². The molecular formula is C13H25N3OS. The molecule has 0 radical (unpaired) electrons. The number of ether oxygens (including phenoxy) is 1. The van der Waals surface area contributed by atoms with Crippen LogP contribution in [-0.4, -0.2) is 49.8 Å². The number of unbranched alkanes of at least 4 members (excludes halogenated alkanes) is 1. The van der Waals surface area contributed by atoms with Crippen LogP contribution >= 0.6 is 11.3 Å². The number of nitrogens with zero attached hydrogens (tertiary/aromatic N) is 2. The van der Waals surface area contributed by atoms with Gasteiger partial charge in [0.05, 0.1) is 17.8 Å². The van der Waals surface area contributed by atoms with E-state index in [0.29, 0.717) is 0 Å². The molecule has 5 heteroatoms. The number of hydrogen-bond acceptors (Lipinski definition) is 5. The van der Waals surface area contributed by atoms with Crippen LogP contribution in [0.5, 0.6) is 0 Å². The third-order valence-electron chi connectivity index (χ3n) is 2.65. The summed E-state index contributed by atoms with van der Waals surface area (Å²) in [5.41, 5.74) is 3.04. The molecule has 1 heterocycles. The lowest BCUT2D eigenvalue weighted by molar-refractivity contribution is 0.132. The third kappa shape index (κ3) is 7.76. The summed E-state index contributed by atoms with van der Waals surface area (Å²) < 4.78 is 5.48. The quantitative estimate of drug-likeness (QED) is 0.625. The summed E-state index contributed by atoms with van der Waals surface area (Å²) in [5.74, 6) is 0. The lowest BCUT2D eigenvalue weighted by atomic mass is 10.4. The van der Waals surface area contributed by atoms with Gasteiger partial charge in [0.1, 0.15) is 0 Å². The van der Waals surface area contributed by atoms with Crippen molar-refractivity contribution in [2.24, 2.45) is 0 Å². The van der Waals surface area contributed by atoms with Crippen LogP contribution in [0.4, 0.5) is 0 Å². The smallest absolute Gasteiger partial charge is 0.0795 e. The molecule has 18 heavy (non-hydrogen) atoms. The number of thiazole rings is 1. The number of likely N-dealkylation sites (N-methyl/N-ethyl adjacent to an activating group) is 1. The predicted molar refractivity (Wildman–Crippen MR) is 77.0 cm³/mol. The van der Waals surface area contributed by atoms with Crippen LogP contribution in [0.2, 0.25) is 0 Å². The Labute approximate surface area is 114 Å². The van der Waals surface area contributed by atoms with Crippen molar-refractivity contribution in [3.05, 3.63) is 16.6 Å². The van der Waals surface area contributed by atoms with Crippen LogP contribution in [0.3, 0.4) is 0 Å². The van der Waals surface area contributed by atoms with Gasteiger partial charge in [0.15, 0.2) is 0 Å². The first-order chi connectivity index (χ1) is 8.83. The van der Waals surface area contributed by atoms with Gasteiger partial charge in [0.25, 0.3) is 0 Å². The van der Waals surface area contributed by atoms with E-state index in [1.54, 1.807) is 11.3 Å². The SMILES string of the molecule is CCCCOCCNCCN(C)Cc1cscn1. The molecule has 104 valence electrons. The second-order valence-electron chi connectivity index (χ2n) is 4.43. The summed E-state index contributed by atoms with van der Waals surface area (Å²) in [6.45, 7) is 7.79. The molecule has 0 aliphatic rings. The maximum Gasteiger partial charge on any atom is 0.0795 e. The Kier molecular flexibility index (Phi) is 9.02. The van der Waals surface area contributed by atoms with Gasteiger partial charge in [-0.05, 0) is 13.5 Å². The maximum atomic E-state index is 5.48. The standard InChI is InChI=1S/C13H25N3OS/c1-3-4-8-17-9-6-14-5-7-16(2)10-13-11-18-12-15-13/h11-12,14H,3-10H2,1-2H3. The Balaban J connectivity index is 1.88. The average molecular weight is 271 g/mol. The van der Waals surface area contributed by atoms with Gasteiger partial charge in [-0.3, -0.25) is 4.90 Å². The van der Waals surface area contributed by atoms with Crippen molar-refractivity contribution in [1.82, 2.24) is 15.2 Å². The van der Waals surface area contributed by atoms with Crippen LogP contribution in [-0.2, 0) is 11.3 Å². The molecule has 4 nitrogen and oxygen atoms in total. The van der Waals surface area contributed by atoms with Gasteiger partial charge < -0.3 is 10.1 Å². The first-order valence-corrected chi connectivity index (χ1v) is 7.61. The highest BCUT2D eigenvalue weighted by atomic mass is 32.1. The highest BCUT2D eigenvalue weighted by Gasteiger charge is 2.01. The van der Waals surface area contributed by atoms with Gasteiger partial charge in [-0.1, -0.05) is 13.3 Å². The number of nitrogens with one attached hydrogen (secondary N) is 1. The summed E-state index contributed by atoms with van der Waals surface area (Å²) in [5, 5.41) is 5.49. The van der Waals surface area contributed by atoms with Gasteiger partial charge in [-0.2, -0.15) is 0 Å². The van der Waals surface area contributed by atoms with E-state index in [1.807, 2.05) is 5.51 Å². The molecule has 1 N–H and O–H groups in total. The Morgan fingerprint density at radius 2 is 2.28 bits per heavy atom. The van der Waals surface area contributed by atoms with Gasteiger partial charge >= 0.3 is 0 Å². The highest BCUT2D eigenvalue weighted by Crippen LogP contribution is 2.03. The molecule has 0 amide bonds. The first-order valence-electron chi connectivity index (χ1n) is 6.67. The molecule has 0 aliphatic heterocycles. The van der Waals surface area contributed by atoms with Crippen LogP contribution in [0, 0.1) is 0 Å². The molecule has 0 saturated carbocycles. The Hall–Kier alpha value is -0.490. The van der Waals surface area contributed by atoms with E-state index >= 15 is 0 Å². The molecule has 0 unspecified atom stereocenters. The van der Waals surface area contributed by atoms with Crippen LogP contribution in [0.1, 0.15) is 25.5 Å². The largest absolute Gasteiger partial charge is 0.380 e. The van der Waals surface area contributed by atoms with Gasteiger partial charge in [0.2, 0.25) is 0 Å². The lowest BCUT2D eigenvalue weighted by Gasteiger charge is -2.15. The van der Waals surface area contributed by atoms with Crippen molar-refractivity contribution in [3.63, 3.8) is 0 Å². The molecule has 0 bridgehead atoms. The van der Waals surface area contributed by atoms with E-state index in [4.69, 9.17) is 4.74 Å². The molecular weight excluding hydrogens is 246 g/mol. The molecule has 1 aromatic heterocycles. The molecule has 0 atom stereocenters. The minimum absolute atomic E-state index is 0.815. The molecule has 1 rings (SSSR count). The zero-order chi connectivity index (χ0) is 13.1. The van der Waals surface area contributed by atoms with Crippen molar-refractivity contribution in [3.8, 4) is 0 Å². The first kappa shape index (κ1) is 15.6. The molecule has 0 fully saturated rings. The second kappa shape index (κ2) is 10.4. The van der Waals surface area contributed by atoms with Crippen molar-refractivity contribution >= 4 is 11.3 Å². The maximum absolute atomic E-state index is 5.48. The molecule has 0 saturated heterocycles. The van der Waals surface area contributed by atoms with Crippen molar-refractivity contribution in [2.75, 3.05) is 39.9 Å². The molecule has 0 spiro atoms. The van der Waals surface area contributed by atoms with Gasteiger partial charge in [-0.15, -0.1) is 11.3 Å². The Morgan fingerprint density at radius 1 is 1.39 bits per heavy atom. The van der Waals surface area contributed by atoms with E-state index in [-0.39, 0.29) is 0 Å². The molecule has 1 aromatic rings. The summed E-state index contributed by atoms with van der Waals surface area (Å²) >= 11 is 1.65.